The Bertz CT molecular complexity index is 1040. The number of amides is 1. The number of ether oxygens (including phenoxy) is 5. The minimum atomic E-state index is -1.01. The summed E-state index contributed by atoms with van der Waals surface area (Å²) in [4.78, 5) is 28.6. The van der Waals surface area contributed by atoms with Crippen LogP contribution in [-0.2, 0) is 28.5 Å². The van der Waals surface area contributed by atoms with E-state index in [9.17, 15) is 14.7 Å². The van der Waals surface area contributed by atoms with Gasteiger partial charge < -0.3 is 33.7 Å². The first-order valence-electron chi connectivity index (χ1n) is 15.5. The molecular formula is C31H53N3O8. The van der Waals surface area contributed by atoms with Gasteiger partial charge in [0.1, 0.15) is 12.2 Å². The van der Waals surface area contributed by atoms with E-state index in [1.807, 2.05) is 59.7 Å². The zero-order chi connectivity index (χ0) is 31.3. The average Bonchev–Trinajstić information content (AvgIpc) is 3.40. The van der Waals surface area contributed by atoms with Crippen molar-refractivity contribution in [2.75, 3.05) is 21.2 Å². The molecule has 0 spiro atoms. The van der Waals surface area contributed by atoms with Gasteiger partial charge in [-0.25, -0.2) is 20.0 Å². The van der Waals surface area contributed by atoms with Gasteiger partial charge in [0, 0.05) is 30.7 Å². The molecule has 0 saturated carbocycles. The summed E-state index contributed by atoms with van der Waals surface area (Å²) < 4.78 is 31.1. The molecule has 1 amide bonds. The van der Waals surface area contributed by atoms with E-state index in [4.69, 9.17) is 23.7 Å². The van der Waals surface area contributed by atoms with Crippen LogP contribution in [0.15, 0.2) is 11.6 Å². The zero-order valence-corrected chi connectivity index (χ0v) is 27.2. The Morgan fingerprint density at radius 3 is 2.45 bits per heavy atom. The van der Waals surface area contributed by atoms with Gasteiger partial charge in [-0.1, -0.05) is 33.8 Å². The van der Waals surface area contributed by atoms with E-state index < -0.39 is 47.9 Å². The summed E-state index contributed by atoms with van der Waals surface area (Å²) in [5, 5.41) is 12.9. The van der Waals surface area contributed by atoms with Crippen LogP contribution in [0.4, 0.5) is 4.79 Å². The second-order valence-electron chi connectivity index (χ2n) is 13.7. The predicted molar refractivity (Wildman–Crippen MR) is 156 cm³/mol. The van der Waals surface area contributed by atoms with E-state index in [1.165, 1.54) is 0 Å². The van der Waals surface area contributed by atoms with Gasteiger partial charge in [0.2, 0.25) is 0 Å². The van der Waals surface area contributed by atoms with Crippen molar-refractivity contribution in [1.82, 2.24) is 15.3 Å². The topological polar surface area (TPSA) is 119 Å². The number of nitrogens with one attached hydrogen (secondary N) is 1. The molecule has 3 fully saturated rings. The van der Waals surface area contributed by atoms with Crippen molar-refractivity contribution >= 4 is 12.1 Å². The number of hydrogen-bond donors (Lipinski definition) is 2. The summed E-state index contributed by atoms with van der Waals surface area (Å²) in [6, 6.07) is -0.530. The van der Waals surface area contributed by atoms with Crippen LogP contribution in [0.1, 0.15) is 74.7 Å². The number of esters is 1. The molecule has 4 rings (SSSR count). The normalized spacial score (nSPS) is 48.0. The molecule has 2 N–H and O–H groups in total. The fourth-order valence-corrected chi connectivity index (χ4v) is 8.02. The summed E-state index contributed by atoms with van der Waals surface area (Å²) in [5.74, 6) is -0.740. The maximum atomic E-state index is 13.5. The third kappa shape index (κ3) is 5.85. The monoisotopic (exact) mass is 595 g/mol. The number of aliphatic hydroxyl groups excluding tert-OH is 1. The van der Waals surface area contributed by atoms with E-state index in [0.717, 1.165) is 0 Å². The number of nitrogens with zero attached hydrogens (tertiary/aromatic N) is 2. The van der Waals surface area contributed by atoms with Crippen molar-refractivity contribution in [3.63, 3.8) is 0 Å². The van der Waals surface area contributed by atoms with Crippen molar-refractivity contribution in [1.29, 1.82) is 0 Å². The number of rotatable bonds is 5. The summed E-state index contributed by atoms with van der Waals surface area (Å²) in [6.45, 7) is 15.8. The average molecular weight is 596 g/mol. The number of likely N-dealkylation sites (N-methyl/N-ethyl adjacent to an activating group) is 1. The van der Waals surface area contributed by atoms with E-state index in [2.05, 4.69) is 19.3 Å². The molecular weight excluding hydrogens is 542 g/mol. The van der Waals surface area contributed by atoms with Crippen LogP contribution in [0.25, 0.3) is 0 Å². The summed E-state index contributed by atoms with van der Waals surface area (Å²) in [7, 11) is 5.55. The van der Waals surface area contributed by atoms with E-state index in [1.54, 1.807) is 19.0 Å². The molecule has 0 aromatic heterocycles. The highest BCUT2D eigenvalue weighted by Crippen LogP contribution is 2.46. The van der Waals surface area contributed by atoms with Crippen LogP contribution >= 0.6 is 0 Å². The number of fused-ring (bicyclic) bond motifs is 1. The molecule has 0 aromatic carbocycles. The van der Waals surface area contributed by atoms with Crippen LogP contribution in [0.3, 0.4) is 0 Å². The molecule has 13 atom stereocenters. The van der Waals surface area contributed by atoms with Gasteiger partial charge in [-0.2, -0.15) is 0 Å². The molecule has 11 heteroatoms. The highest BCUT2D eigenvalue weighted by atomic mass is 16.7. The third-order valence-electron chi connectivity index (χ3n) is 10.3. The van der Waals surface area contributed by atoms with Crippen molar-refractivity contribution in [2.24, 2.45) is 17.8 Å². The number of methoxy groups -OCH3 is 1. The van der Waals surface area contributed by atoms with Crippen LogP contribution < -0.4 is 5.43 Å². The molecule has 240 valence electrons. The first-order chi connectivity index (χ1) is 19.6. The second kappa shape index (κ2) is 12.3. The SMILES string of the molecule is CC[C@H]1OC(=O)/C(C)=C/[C@H](C)[C@@H](O[C@@H]2O[C@H](C)C[C@H](N(C)C)[C@H]2O)[C@](C)(OC)C[C@@H](C)[C@@H]2NN3C(=O)O[C@@]1(C)[C@H]3[C@H]2C. The Morgan fingerprint density at radius 2 is 1.86 bits per heavy atom. The largest absolute Gasteiger partial charge is 0.455 e. The molecule has 0 unspecified atom stereocenters. The number of hydrazine groups is 1. The van der Waals surface area contributed by atoms with E-state index >= 15 is 0 Å². The van der Waals surface area contributed by atoms with Gasteiger partial charge >= 0.3 is 12.1 Å². The fraction of sp³-hybridized carbons (Fsp3) is 0.871. The quantitative estimate of drug-likeness (QED) is 0.459. The molecule has 11 nitrogen and oxygen atoms in total. The van der Waals surface area contributed by atoms with Gasteiger partial charge in [0.15, 0.2) is 11.9 Å². The summed E-state index contributed by atoms with van der Waals surface area (Å²) in [5.41, 5.74) is 2.00. The fourth-order valence-electron chi connectivity index (χ4n) is 8.02. The van der Waals surface area contributed by atoms with E-state index in [-0.39, 0.29) is 42.0 Å². The molecule has 0 aliphatic carbocycles. The van der Waals surface area contributed by atoms with Gasteiger partial charge in [-0.05, 0) is 72.9 Å². The van der Waals surface area contributed by atoms with Gasteiger partial charge in [-0.15, -0.1) is 0 Å². The van der Waals surface area contributed by atoms with Crippen LogP contribution in [0, 0.1) is 17.8 Å². The molecule has 42 heavy (non-hydrogen) atoms. The molecule has 0 radical (unpaired) electrons. The van der Waals surface area contributed by atoms with Crippen LogP contribution in [0.5, 0.6) is 0 Å². The van der Waals surface area contributed by atoms with Crippen molar-refractivity contribution in [3.05, 3.63) is 11.6 Å². The molecule has 0 aromatic rings. The highest BCUT2D eigenvalue weighted by Gasteiger charge is 2.64. The molecule has 4 aliphatic heterocycles. The van der Waals surface area contributed by atoms with Crippen molar-refractivity contribution in [3.8, 4) is 0 Å². The van der Waals surface area contributed by atoms with Gasteiger partial charge in [-0.3, -0.25) is 0 Å². The first kappa shape index (κ1) is 33.1. The van der Waals surface area contributed by atoms with E-state index in [0.29, 0.717) is 24.8 Å². The zero-order valence-electron chi connectivity index (χ0n) is 27.2. The second-order valence-corrected chi connectivity index (χ2v) is 13.7. The predicted octanol–water partition coefficient (Wildman–Crippen LogP) is 3.25. The third-order valence-corrected chi connectivity index (χ3v) is 10.3. The first-order valence-corrected chi connectivity index (χ1v) is 15.5. The standard InChI is InChI=1S/C31H53N3O8/c1-12-22-31(8)25-20(6)23(32-34(25)29(37)42-31)18(4)15-30(7,38-11)26(16(2)13-17(3)27(36)40-22)41-28-24(35)21(33(9)10)14-19(5)39-28/h13,16,18-26,28,32,35H,12,14-15H2,1-11H3/b17-13+/t16-,18+,19+,20-,21-,22+,23-,24+,25+,26+,28-,30+,31+/m0/s1. The summed E-state index contributed by atoms with van der Waals surface area (Å²) in [6.07, 6.45) is 0.0529. The highest BCUT2D eigenvalue weighted by molar-refractivity contribution is 5.88. The molecule has 4 aliphatic rings. The number of hydrogen-bond acceptors (Lipinski definition) is 10. The number of aliphatic hydroxyl groups is 1. The van der Waals surface area contributed by atoms with Crippen molar-refractivity contribution in [2.45, 2.75) is 135 Å². The van der Waals surface area contributed by atoms with Crippen LogP contribution in [-0.4, -0.2) is 108 Å². The number of cyclic esters (lactones) is 1. The van der Waals surface area contributed by atoms with Gasteiger partial charge in [0.25, 0.3) is 0 Å². The Hall–Kier alpha value is -1.76. The summed E-state index contributed by atoms with van der Waals surface area (Å²) >= 11 is 0. The lowest BCUT2D eigenvalue weighted by Gasteiger charge is -2.47. The lowest BCUT2D eigenvalue weighted by Crippen LogP contribution is -2.58. The molecule has 4 heterocycles. The number of carbonyl (C=O) groups is 2. The Morgan fingerprint density at radius 1 is 1.19 bits per heavy atom. The minimum Gasteiger partial charge on any atom is -0.455 e. The maximum absolute atomic E-state index is 13.5. The smallest absolute Gasteiger partial charge is 0.425 e. The molecule has 3 saturated heterocycles. The van der Waals surface area contributed by atoms with Crippen molar-refractivity contribution < 1.29 is 38.4 Å². The maximum Gasteiger partial charge on any atom is 0.425 e. The Labute approximate surface area is 251 Å². The lowest BCUT2D eigenvalue weighted by molar-refractivity contribution is -0.295. The minimum absolute atomic E-state index is 0.00752. The molecule has 2 bridgehead atoms. The lowest BCUT2D eigenvalue weighted by atomic mass is 9.74. The Kier molecular flexibility index (Phi) is 9.72. The number of carbonyl (C=O) groups excluding carboxylic acids is 2. The van der Waals surface area contributed by atoms with Gasteiger partial charge in [0.05, 0.1) is 23.9 Å². The van der Waals surface area contributed by atoms with Crippen LogP contribution in [0.2, 0.25) is 0 Å². The Balaban J connectivity index is 1.76.